The summed E-state index contributed by atoms with van der Waals surface area (Å²) in [4.78, 5) is 39.8. The van der Waals surface area contributed by atoms with E-state index in [4.69, 9.17) is 9.47 Å². The molecule has 0 N–H and O–H groups in total. The Balaban J connectivity index is 2.07. The maximum absolute atomic E-state index is 12.7. The molecular formula is C20H19N3O6S. The number of nitro groups is 1. The zero-order chi connectivity index (χ0) is 21.7. The molecule has 0 saturated carbocycles. The number of thiazole rings is 1. The van der Waals surface area contributed by atoms with Crippen LogP contribution in [0.4, 0.5) is 5.69 Å². The normalized spacial score (nSPS) is 11.5. The second-order valence-electron chi connectivity index (χ2n) is 6.06. The van der Waals surface area contributed by atoms with Crippen LogP contribution in [-0.2, 0) is 16.1 Å². The number of hydrogen-bond acceptors (Lipinski definition) is 7. The summed E-state index contributed by atoms with van der Waals surface area (Å²) in [6.45, 7) is 4.03. The standard InChI is InChI=1S/C20H19N3O6S/c1-3-28-15-8-5-13(6-9-15)19(25)21-20-22(12-18(24)29-4-2)16-11-14(23(26)27)7-10-17(16)30-20/h5-11H,3-4,12H2,1-2H3. The van der Waals surface area contributed by atoms with Crippen molar-refractivity contribution in [2.45, 2.75) is 20.4 Å². The molecule has 1 amide bonds. The molecule has 0 aliphatic heterocycles. The van der Waals surface area contributed by atoms with Gasteiger partial charge >= 0.3 is 5.97 Å². The van der Waals surface area contributed by atoms with Gasteiger partial charge in [-0.05, 0) is 44.2 Å². The Bertz CT molecular complexity index is 1160. The predicted octanol–water partition coefficient (Wildman–Crippen LogP) is 3.31. The molecular weight excluding hydrogens is 410 g/mol. The van der Waals surface area contributed by atoms with Crippen LogP contribution in [-0.4, -0.2) is 34.6 Å². The molecule has 156 valence electrons. The zero-order valence-corrected chi connectivity index (χ0v) is 17.2. The Morgan fingerprint density at radius 1 is 1.13 bits per heavy atom. The highest BCUT2D eigenvalue weighted by Crippen LogP contribution is 2.23. The van der Waals surface area contributed by atoms with Crippen LogP contribution in [0.1, 0.15) is 24.2 Å². The van der Waals surface area contributed by atoms with E-state index in [0.29, 0.717) is 28.1 Å². The number of nitrogens with zero attached hydrogens (tertiary/aromatic N) is 3. The molecule has 0 spiro atoms. The molecule has 1 aromatic heterocycles. The number of rotatable bonds is 7. The molecule has 2 aromatic carbocycles. The first-order chi connectivity index (χ1) is 14.4. The Morgan fingerprint density at radius 3 is 2.50 bits per heavy atom. The van der Waals surface area contributed by atoms with E-state index >= 15 is 0 Å². The fourth-order valence-electron chi connectivity index (χ4n) is 2.76. The van der Waals surface area contributed by atoms with Gasteiger partial charge in [0.15, 0.2) is 4.80 Å². The van der Waals surface area contributed by atoms with Crippen molar-refractivity contribution in [2.24, 2.45) is 4.99 Å². The van der Waals surface area contributed by atoms with Gasteiger partial charge in [0.25, 0.3) is 11.6 Å². The molecule has 30 heavy (non-hydrogen) atoms. The molecule has 10 heteroatoms. The van der Waals surface area contributed by atoms with Crippen molar-refractivity contribution < 1.29 is 24.0 Å². The quantitative estimate of drug-likeness (QED) is 0.323. The lowest BCUT2D eigenvalue weighted by Gasteiger charge is -2.05. The number of nitro benzene ring substituents is 1. The van der Waals surface area contributed by atoms with Gasteiger partial charge in [0.05, 0.1) is 28.4 Å². The Kier molecular flexibility index (Phi) is 6.58. The molecule has 0 fully saturated rings. The fourth-order valence-corrected chi connectivity index (χ4v) is 3.76. The summed E-state index contributed by atoms with van der Waals surface area (Å²) in [6, 6.07) is 10.8. The number of non-ortho nitro benzene ring substituents is 1. The van der Waals surface area contributed by atoms with Crippen molar-refractivity contribution in [1.29, 1.82) is 0 Å². The first kappa shape index (κ1) is 21.2. The van der Waals surface area contributed by atoms with E-state index in [-0.39, 0.29) is 23.6 Å². The number of benzene rings is 2. The van der Waals surface area contributed by atoms with Crippen LogP contribution in [0, 0.1) is 10.1 Å². The number of carbonyl (C=O) groups is 2. The minimum absolute atomic E-state index is 0.123. The summed E-state index contributed by atoms with van der Waals surface area (Å²) in [5.74, 6) is -0.393. The van der Waals surface area contributed by atoms with Crippen LogP contribution >= 0.6 is 11.3 Å². The van der Waals surface area contributed by atoms with E-state index in [1.807, 2.05) is 6.92 Å². The monoisotopic (exact) mass is 429 g/mol. The molecule has 0 radical (unpaired) electrons. The first-order valence-corrected chi connectivity index (χ1v) is 10.00. The van der Waals surface area contributed by atoms with Crippen LogP contribution in [0.3, 0.4) is 0 Å². The van der Waals surface area contributed by atoms with Crippen LogP contribution in [0.5, 0.6) is 5.75 Å². The molecule has 0 bridgehead atoms. The van der Waals surface area contributed by atoms with Crippen molar-refractivity contribution in [3.05, 3.63) is 62.9 Å². The SMILES string of the molecule is CCOC(=O)Cn1c(=NC(=O)c2ccc(OCC)cc2)sc2ccc([N+](=O)[O-])cc21. The van der Waals surface area contributed by atoms with Gasteiger partial charge < -0.3 is 14.0 Å². The van der Waals surface area contributed by atoms with E-state index in [0.717, 1.165) is 11.3 Å². The highest BCUT2D eigenvalue weighted by atomic mass is 32.1. The van der Waals surface area contributed by atoms with Gasteiger partial charge in [-0.3, -0.25) is 19.7 Å². The maximum Gasteiger partial charge on any atom is 0.326 e. The molecule has 9 nitrogen and oxygen atoms in total. The average Bonchev–Trinajstić information content (AvgIpc) is 3.05. The topological polar surface area (TPSA) is 113 Å². The van der Waals surface area contributed by atoms with Crippen molar-refractivity contribution >= 4 is 39.1 Å². The molecule has 0 atom stereocenters. The largest absolute Gasteiger partial charge is 0.494 e. The van der Waals surface area contributed by atoms with Crippen molar-refractivity contribution in [3.8, 4) is 5.75 Å². The average molecular weight is 429 g/mol. The van der Waals surface area contributed by atoms with Gasteiger partial charge in [-0.15, -0.1) is 0 Å². The van der Waals surface area contributed by atoms with Gasteiger partial charge in [-0.1, -0.05) is 11.3 Å². The second-order valence-corrected chi connectivity index (χ2v) is 7.07. The van der Waals surface area contributed by atoms with Crippen LogP contribution < -0.4 is 9.54 Å². The maximum atomic E-state index is 12.7. The van der Waals surface area contributed by atoms with E-state index in [1.165, 1.54) is 16.7 Å². The zero-order valence-electron chi connectivity index (χ0n) is 16.4. The minimum Gasteiger partial charge on any atom is -0.494 e. The highest BCUT2D eigenvalue weighted by molar-refractivity contribution is 7.16. The van der Waals surface area contributed by atoms with E-state index in [9.17, 15) is 19.7 Å². The van der Waals surface area contributed by atoms with Crippen LogP contribution in [0.15, 0.2) is 47.5 Å². The molecule has 1 heterocycles. The molecule has 0 aliphatic carbocycles. The molecule has 3 aromatic rings. The molecule has 0 unspecified atom stereocenters. The van der Waals surface area contributed by atoms with E-state index in [1.54, 1.807) is 37.3 Å². The lowest BCUT2D eigenvalue weighted by atomic mass is 10.2. The van der Waals surface area contributed by atoms with Crippen molar-refractivity contribution in [1.82, 2.24) is 4.57 Å². The Morgan fingerprint density at radius 2 is 1.87 bits per heavy atom. The third kappa shape index (κ3) is 4.71. The lowest BCUT2D eigenvalue weighted by Crippen LogP contribution is -2.23. The Hall–Kier alpha value is -3.53. The summed E-state index contributed by atoms with van der Waals surface area (Å²) < 4.78 is 12.5. The molecule has 0 aliphatic rings. The van der Waals surface area contributed by atoms with E-state index < -0.39 is 16.8 Å². The Labute approximate surface area is 175 Å². The second kappa shape index (κ2) is 9.31. The number of carbonyl (C=O) groups excluding carboxylic acids is 2. The molecule has 0 saturated heterocycles. The number of esters is 1. The van der Waals surface area contributed by atoms with Crippen molar-refractivity contribution in [3.63, 3.8) is 0 Å². The minimum atomic E-state index is -0.529. The van der Waals surface area contributed by atoms with Gasteiger partial charge in [-0.2, -0.15) is 4.99 Å². The van der Waals surface area contributed by atoms with Gasteiger partial charge in [0.2, 0.25) is 0 Å². The third-order valence-electron chi connectivity index (χ3n) is 4.08. The summed E-state index contributed by atoms with van der Waals surface area (Å²) in [6.07, 6.45) is 0. The third-order valence-corrected chi connectivity index (χ3v) is 5.14. The predicted molar refractivity (Wildman–Crippen MR) is 111 cm³/mol. The van der Waals surface area contributed by atoms with Gasteiger partial charge in [0.1, 0.15) is 12.3 Å². The van der Waals surface area contributed by atoms with Gasteiger partial charge in [-0.25, -0.2) is 0 Å². The highest BCUT2D eigenvalue weighted by Gasteiger charge is 2.16. The smallest absolute Gasteiger partial charge is 0.326 e. The van der Waals surface area contributed by atoms with E-state index in [2.05, 4.69) is 4.99 Å². The van der Waals surface area contributed by atoms with Gasteiger partial charge in [0, 0.05) is 17.7 Å². The number of hydrogen-bond donors (Lipinski definition) is 0. The fraction of sp³-hybridized carbons (Fsp3) is 0.250. The van der Waals surface area contributed by atoms with Crippen molar-refractivity contribution in [2.75, 3.05) is 13.2 Å². The van der Waals surface area contributed by atoms with Crippen LogP contribution in [0.2, 0.25) is 0 Å². The number of aromatic nitrogens is 1. The lowest BCUT2D eigenvalue weighted by molar-refractivity contribution is -0.384. The summed E-state index contributed by atoms with van der Waals surface area (Å²) in [5.41, 5.74) is 0.660. The first-order valence-electron chi connectivity index (χ1n) is 9.18. The number of ether oxygens (including phenoxy) is 2. The summed E-state index contributed by atoms with van der Waals surface area (Å²) >= 11 is 1.16. The molecule has 3 rings (SSSR count). The summed E-state index contributed by atoms with van der Waals surface area (Å²) in [5, 5.41) is 11.1. The summed E-state index contributed by atoms with van der Waals surface area (Å²) in [7, 11) is 0. The van der Waals surface area contributed by atoms with Crippen LogP contribution in [0.25, 0.3) is 10.2 Å². The number of fused-ring (bicyclic) bond motifs is 1. The number of amides is 1.